The molecule has 0 spiro atoms. The molecule has 1 heterocycles. The first-order valence-corrected chi connectivity index (χ1v) is 9.77. The fourth-order valence-corrected chi connectivity index (χ4v) is 3.36. The van der Waals surface area contributed by atoms with Crippen LogP contribution in [0.15, 0.2) is 47.3 Å². The van der Waals surface area contributed by atoms with E-state index in [9.17, 15) is 4.79 Å². The zero-order valence-corrected chi connectivity index (χ0v) is 17.5. The lowest BCUT2D eigenvalue weighted by Crippen LogP contribution is -3.09. The SMILES string of the molecule is COc1ccc(-n2c([C@H](C)[NH2+]CC[NH+](C)C)nc3cc(Cl)ccc3c2=O)cc1. The van der Waals surface area contributed by atoms with Crippen LogP contribution in [-0.4, -0.2) is 43.8 Å². The highest BCUT2D eigenvalue weighted by molar-refractivity contribution is 6.31. The Morgan fingerprint density at radius 1 is 1.21 bits per heavy atom. The van der Waals surface area contributed by atoms with Crippen molar-refractivity contribution in [1.82, 2.24) is 9.55 Å². The number of fused-ring (bicyclic) bond motifs is 1. The van der Waals surface area contributed by atoms with E-state index in [4.69, 9.17) is 21.3 Å². The van der Waals surface area contributed by atoms with Crippen molar-refractivity contribution in [2.45, 2.75) is 13.0 Å². The molecule has 148 valence electrons. The molecule has 6 nitrogen and oxygen atoms in total. The Balaban J connectivity index is 2.13. The number of nitrogens with two attached hydrogens (primary N) is 1. The molecule has 3 aromatic rings. The lowest BCUT2D eigenvalue weighted by Gasteiger charge is -2.18. The summed E-state index contributed by atoms with van der Waals surface area (Å²) in [5.74, 6) is 1.45. The van der Waals surface area contributed by atoms with Crippen LogP contribution in [0.3, 0.4) is 0 Å². The summed E-state index contributed by atoms with van der Waals surface area (Å²) in [5.41, 5.74) is 1.29. The van der Waals surface area contributed by atoms with Crippen LogP contribution in [0.4, 0.5) is 0 Å². The third-order valence-corrected chi connectivity index (χ3v) is 4.99. The Morgan fingerprint density at radius 3 is 2.57 bits per heavy atom. The van der Waals surface area contributed by atoms with Crippen LogP contribution >= 0.6 is 11.6 Å². The Labute approximate surface area is 169 Å². The van der Waals surface area contributed by atoms with Crippen LogP contribution in [0.1, 0.15) is 18.8 Å². The van der Waals surface area contributed by atoms with Gasteiger partial charge in [-0.3, -0.25) is 9.36 Å². The Morgan fingerprint density at radius 2 is 1.93 bits per heavy atom. The number of benzene rings is 2. The van der Waals surface area contributed by atoms with Gasteiger partial charge in [0.15, 0.2) is 5.82 Å². The number of nitrogens with zero attached hydrogens (tertiary/aromatic N) is 2. The number of rotatable bonds is 7. The van der Waals surface area contributed by atoms with Crippen molar-refractivity contribution >= 4 is 22.5 Å². The molecule has 0 aliphatic rings. The monoisotopic (exact) mass is 402 g/mol. The minimum absolute atomic E-state index is 0.0116. The second kappa shape index (κ2) is 8.73. The number of quaternary nitrogens is 2. The molecule has 0 aliphatic carbocycles. The standard InChI is InChI=1S/C21H25ClN4O2/c1-14(23-11-12-25(2)3)20-24-19-13-15(22)5-10-18(19)21(27)26(20)16-6-8-17(28-4)9-7-16/h5-10,13-14,23H,11-12H2,1-4H3/p+2/t14-/m0/s1. The Bertz CT molecular complexity index is 1020. The predicted octanol–water partition coefficient (Wildman–Crippen LogP) is 0.817. The minimum atomic E-state index is -0.0969. The highest BCUT2D eigenvalue weighted by Crippen LogP contribution is 2.21. The molecule has 0 amide bonds. The van der Waals surface area contributed by atoms with Crippen LogP contribution in [-0.2, 0) is 0 Å². The van der Waals surface area contributed by atoms with Crippen molar-refractivity contribution in [3.05, 3.63) is 63.7 Å². The van der Waals surface area contributed by atoms with Crippen molar-refractivity contribution in [3.63, 3.8) is 0 Å². The van der Waals surface area contributed by atoms with E-state index in [1.807, 2.05) is 24.3 Å². The second-order valence-corrected chi connectivity index (χ2v) is 7.68. The number of ether oxygens (including phenoxy) is 1. The van der Waals surface area contributed by atoms with Crippen LogP contribution in [0, 0.1) is 0 Å². The average Bonchev–Trinajstić information content (AvgIpc) is 2.67. The number of hydrogen-bond donors (Lipinski definition) is 2. The maximum atomic E-state index is 13.3. The number of nitrogens with one attached hydrogen (secondary N) is 1. The van der Waals surface area contributed by atoms with E-state index in [1.54, 1.807) is 29.9 Å². The third kappa shape index (κ3) is 4.35. The lowest BCUT2D eigenvalue weighted by atomic mass is 10.2. The molecular weight excluding hydrogens is 376 g/mol. The molecule has 0 saturated carbocycles. The van der Waals surface area contributed by atoms with Gasteiger partial charge < -0.3 is 15.0 Å². The number of likely N-dealkylation sites (N-methyl/N-ethyl adjacent to an activating group) is 1. The van der Waals surface area contributed by atoms with Crippen LogP contribution < -0.4 is 20.5 Å². The second-order valence-electron chi connectivity index (χ2n) is 7.24. The van der Waals surface area contributed by atoms with Gasteiger partial charge in [-0.1, -0.05) is 11.6 Å². The summed E-state index contributed by atoms with van der Waals surface area (Å²) in [4.78, 5) is 19.5. The smallest absolute Gasteiger partial charge is 0.266 e. The van der Waals surface area contributed by atoms with E-state index in [0.717, 1.165) is 24.5 Å². The summed E-state index contributed by atoms with van der Waals surface area (Å²) >= 11 is 6.14. The number of aromatic nitrogens is 2. The van der Waals surface area contributed by atoms with Crippen molar-refractivity contribution in [1.29, 1.82) is 0 Å². The van der Waals surface area contributed by atoms with Crippen molar-refractivity contribution in [2.24, 2.45) is 0 Å². The lowest BCUT2D eigenvalue weighted by molar-refractivity contribution is -0.877. The topological polar surface area (TPSA) is 65.2 Å². The van der Waals surface area contributed by atoms with E-state index in [1.165, 1.54) is 4.90 Å². The normalized spacial score (nSPS) is 12.5. The number of halogens is 1. The first kappa shape index (κ1) is 20.3. The molecule has 3 rings (SSSR count). The molecule has 28 heavy (non-hydrogen) atoms. The van der Waals surface area contributed by atoms with E-state index >= 15 is 0 Å². The third-order valence-electron chi connectivity index (χ3n) is 4.76. The van der Waals surface area contributed by atoms with Gasteiger partial charge in [-0.25, -0.2) is 4.98 Å². The highest BCUT2D eigenvalue weighted by Gasteiger charge is 2.20. The average molecular weight is 403 g/mol. The number of hydrogen-bond acceptors (Lipinski definition) is 3. The van der Waals surface area contributed by atoms with E-state index in [-0.39, 0.29) is 11.6 Å². The van der Waals surface area contributed by atoms with Gasteiger partial charge >= 0.3 is 0 Å². The van der Waals surface area contributed by atoms with E-state index in [0.29, 0.717) is 21.7 Å². The summed E-state index contributed by atoms with van der Waals surface area (Å²) in [6.07, 6.45) is 0. The summed E-state index contributed by atoms with van der Waals surface area (Å²) < 4.78 is 6.94. The largest absolute Gasteiger partial charge is 0.497 e. The van der Waals surface area contributed by atoms with E-state index in [2.05, 4.69) is 26.3 Å². The maximum absolute atomic E-state index is 13.3. The molecule has 1 aromatic heterocycles. The summed E-state index contributed by atoms with van der Waals surface area (Å²) in [7, 11) is 5.88. The molecule has 7 heteroatoms. The van der Waals surface area contributed by atoms with Gasteiger partial charge in [-0.05, 0) is 49.4 Å². The van der Waals surface area contributed by atoms with Gasteiger partial charge in [0.1, 0.15) is 24.9 Å². The fraction of sp³-hybridized carbons (Fsp3) is 0.333. The van der Waals surface area contributed by atoms with Crippen LogP contribution in [0.25, 0.3) is 16.6 Å². The first-order valence-electron chi connectivity index (χ1n) is 9.39. The molecule has 0 fully saturated rings. The summed E-state index contributed by atoms with van der Waals surface area (Å²) in [6.45, 7) is 4.04. The van der Waals surface area contributed by atoms with Crippen molar-refractivity contribution < 1.29 is 15.0 Å². The first-order chi connectivity index (χ1) is 13.4. The van der Waals surface area contributed by atoms with Gasteiger partial charge in [0.05, 0.1) is 37.8 Å². The molecule has 3 N–H and O–H groups in total. The fourth-order valence-electron chi connectivity index (χ4n) is 3.19. The van der Waals surface area contributed by atoms with Crippen molar-refractivity contribution in [3.8, 4) is 11.4 Å². The van der Waals surface area contributed by atoms with Gasteiger partial charge in [0.25, 0.3) is 5.56 Å². The zero-order valence-electron chi connectivity index (χ0n) is 16.7. The van der Waals surface area contributed by atoms with Crippen molar-refractivity contribution in [2.75, 3.05) is 34.3 Å². The molecule has 0 unspecified atom stereocenters. The Kier molecular flexibility index (Phi) is 6.34. The van der Waals surface area contributed by atoms with Crippen LogP contribution in [0.2, 0.25) is 5.02 Å². The Hall–Kier alpha value is -2.41. The predicted molar refractivity (Wildman–Crippen MR) is 112 cm³/mol. The highest BCUT2D eigenvalue weighted by atomic mass is 35.5. The molecule has 1 atom stereocenters. The molecule has 0 saturated heterocycles. The zero-order chi connectivity index (χ0) is 20.3. The number of methoxy groups -OCH3 is 1. The van der Waals surface area contributed by atoms with Gasteiger partial charge in [-0.2, -0.15) is 0 Å². The summed E-state index contributed by atoms with van der Waals surface area (Å²) in [6, 6.07) is 12.7. The van der Waals surface area contributed by atoms with Crippen LogP contribution in [0.5, 0.6) is 5.75 Å². The molecule has 0 aliphatic heterocycles. The maximum Gasteiger partial charge on any atom is 0.266 e. The molecular formula is C21H27ClN4O2+2. The summed E-state index contributed by atoms with van der Waals surface area (Å²) in [5, 5.41) is 3.33. The van der Waals surface area contributed by atoms with Gasteiger partial charge in [0, 0.05) is 5.02 Å². The molecule has 0 bridgehead atoms. The van der Waals surface area contributed by atoms with Gasteiger partial charge in [-0.15, -0.1) is 0 Å². The molecule has 2 aromatic carbocycles. The minimum Gasteiger partial charge on any atom is -0.497 e. The molecule has 0 radical (unpaired) electrons. The quantitative estimate of drug-likeness (QED) is 0.615. The van der Waals surface area contributed by atoms with E-state index < -0.39 is 0 Å². The van der Waals surface area contributed by atoms with Gasteiger partial charge in [0.2, 0.25) is 0 Å².